The number of H-pyrrole nitrogens is 1. The van der Waals surface area contributed by atoms with Crippen LogP contribution in [0.15, 0.2) is 4.90 Å². The van der Waals surface area contributed by atoms with Gasteiger partial charge in [0.2, 0.25) is 10.0 Å². The third-order valence-electron chi connectivity index (χ3n) is 2.99. The Kier molecular flexibility index (Phi) is 3.61. The van der Waals surface area contributed by atoms with Gasteiger partial charge < -0.3 is 9.84 Å². The highest BCUT2D eigenvalue weighted by Crippen LogP contribution is 2.24. The number of ether oxygens (including phenoxy) is 1. The van der Waals surface area contributed by atoms with Crippen molar-refractivity contribution in [3.63, 3.8) is 0 Å². The Bertz CT molecular complexity index is 575. The van der Waals surface area contributed by atoms with Gasteiger partial charge in [-0.1, -0.05) is 0 Å². The number of carboxylic acids is 1. The highest BCUT2D eigenvalue weighted by molar-refractivity contribution is 7.89. The summed E-state index contributed by atoms with van der Waals surface area (Å²) < 4.78 is 31.1. The van der Waals surface area contributed by atoms with E-state index in [0.717, 1.165) is 4.31 Å². The molecule has 0 bridgehead atoms. The Hall–Kier alpha value is -1.45. The minimum Gasteiger partial charge on any atom is -0.480 e. The average Bonchev–Trinajstić information content (AvgIpc) is 2.69. The van der Waals surface area contributed by atoms with E-state index in [1.807, 2.05) is 0 Å². The van der Waals surface area contributed by atoms with Gasteiger partial charge in [-0.3, -0.25) is 9.89 Å². The summed E-state index contributed by atoms with van der Waals surface area (Å²) in [6.07, 6.45) is 0. The van der Waals surface area contributed by atoms with Crippen LogP contribution < -0.4 is 0 Å². The summed E-state index contributed by atoms with van der Waals surface area (Å²) in [6.45, 7) is 3.20. The zero-order chi connectivity index (χ0) is 14.2. The van der Waals surface area contributed by atoms with E-state index >= 15 is 0 Å². The van der Waals surface area contributed by atoms with Crippen LogP contribution in [0, 0.1) is 13.8 Å². The molecule has 0 radical (unpaired) electrons. The van der Waals surface area contributed by atoms with E-state index in [2.05, 4.69) is 10.2 Å². The fraction of sp³-hybridized carbons (Fsp3) is 0.600. The normalized spacial score (nSPS) is 21.5. The number of nitrogens with one attached hydrogen (secondary N) is 1. The lowest BCUT2D eigenvalue weighted by molar-refractivity contribution is -0.146. The first-order valence-corrected chi connectivity index (χ1v) is 7.13. The largest absolute Gasteiger partial charge is 0.480 e. The maximum atomic E-state index is 12.6. The molecule has 106 valence electrons. The van der Waals surface area contributed by atoms with Crippen LogP contribution >= 0.6 is 0 Å². The zero-order valence-corrected chi connectivity index (χ0v) is 11.4. The van der Waals surface area contributed by atoms with E-state index < -0.39 is 22.0 Å². The molecule has 1 fully saturated rings. The lowest BCUT2D eigenvalue weighted by Gasteiger charge is -2.31. The van der Waals surface area contributed by atoms with E-state index in [1.165, 1.54) is 0 Å². The Labute approximate surface area is 110 Å². The fourth-order valence-electron chi connectivity index (χ4n) is 2.11. The Morgan fingerprint density at radius 2 is 2.21 bits per heavy atom. The van der Waals surface area contributed by atoms with Crippen molar-refractivity contribution in [2.75, 3.05) is 19.8 Å². The van der Waals surface area contributed by atoms with Gasteiger partial charge in [0.15, 0.2) is 0 Å². The number of rotatable bonds is 3. The van der Waals surface area contributed by atoms with Crippen molar-refractivity contribution >= 4 is 16.0 Å². The SMILES string of the molecule is Cc1n[nH]c(C)c1S(=O)(=O)N1CCOCC1C(=O)O. The molecule has 1 aliphatic heterocycles. The first-order valence-electron chi connectivity index (χ1n) is 5.69. The lowest BCUT2D eigenvalue weighted by Crippen LogP contribution is -2.52. The van der Waals surface area contributed by atoms with Crippen LogP contribution in [0.5, 0.6) is 0 Å². The van der Waals surface area contributed by atoms with Crippen LogP contribution in [0.3, 0.4) is 0 Å². The van der Waals surface area contributed by atoms with Crippen LogP contribution in [-0.2, 0) is 19.6 Å². The van der Waals surface area contributed by atoms with Crippen LogP contribution in [0.2, 0.25) is 0 Å². The molecule has 0 amide bonds. The van der Waals surface area contributed by atoms with Gasteiger partial charge in [0, 0.05) is 6.54 Å². The number of nitrogens with zero attached hydrogens (tertiary/aromatic N) is 2. The number of aliphatic carboxylic acids is 1. The Morgan fingerprint density at radius 1 is 1.53 bits per heavy atom. The molecule has 2 N–H and O–H groups in total. The number of aryl methyl sites for hydroxylation is 2. The van der Waals surface area contributed by atoms with Crippen LogP contribution in [0.1, 0.15) is 11.4 Å². The van der Waals surface area contributed by atoms with Crippen LogP contribution in [-0.4, -0.2) is 59.8 Å². The van der Waals surface area contributed by atoms with Crippen LogP contribution in [0.25, 0.3) is 0 Å². The summed E-state index contributed by atoms with van der Waals surface area (Å²) >= 11 is 0. The number of hydrogen-bond donors (Lipinski definition) is 2. The standard InChI is InChI=1S/C10H15N3O5S/c1-6-9(7(2)12-11-6)19(16,17)13-3-4-18-5-8(13)10(14)15/h8H,3-5H2,1-2H3,(H,11,12)(H,14,15). The van der Waals surface area contributed by atoms with Gasteiger partial charge in [0.1, 0.15) is 10.9 Å². The number of sulfonamides is 1. The first-order chi connectivity index (χ1) is 8.85. The smallest absolute Gasteiger partial charge is 0.324 e. The Morgan fingerprint density at radius 3 is 2.74 bits per heavy atom. The predicted octanol–water partition coefficient (Wildman–Crippen LogP) is -0.499. The summed E-state index contributed by atoms with van der Waals surface area (Å²) in [5.41, 5.74) is 0.723. The third-order valence-corrected chi connectivity index (χ3v) is 5.16. The van der Waals surface area contributed by atoms with Crippen molar-refractivity contribution in [1.29, 1.82) is 0 Å². The van der Waals surface area contributed by atoms with Gasteiger partial charge in [0.25, 0.3) is 0 Å². The van der Waals surface area contributed by atoms with Crippen LogP contribution in [0.4, 0.5) is 0 Å². The van der Waals surface area contributed by atoms with Crippen molar-refractivity contribution in [3.8, 4) is 0 Å². The van der Waals surface area contributed by atoms with Gasteiger partial charge in [-0.05, 0) is 13.8 Å². The molecule has 0 aromatic carbocycles. The second-order valence-electron chi connectivity index (χ2n) is 4.31. The van der Waals surface area contributed by atoms with Crippen molar-refractivity contribution in [3.05, 3.63) is 11.4 Å². The lowest BCUT2D eigenvalue weighted by atomic mass is 10.3. The summed E-state index contributed by atoms with van der Waals surface area (Å²) in [7, 11) is -3.90. The Balaban J connectivity index is 2.46. The maximum Gasteiger partial charge on any atom is 0.324 e. The van der Waals surface area contributed by atoms with E-state index in [-0.39, 0.29) is 24.7 Å². The average molecular weight is 289 g/mol. The molecule has 1 unspecified atom stereocenters. The van der Waals surface area contributed by atoms with Gasteiger partial charge in [-0.25, -0.2) is 8.42 Å². The van der Waals surface area contributed by atoms with Crippen molar-refractivity contribution < 1.29 is 23.1 Å². The molecule has 1 saturated heterocycles. The van der Waals surface area contributed by atoms with Gasteiger partial charge >= 0.3 is 5.97 Å². The zero-order valence-electron chi connectivity index (χ0n) is 10.6. The molecule has 8 nitrogen and oxygen atoms in total. The quantitative estimate of drug-likeness (QED) is 0.775. The predicted molar refractivity (Wildman–Crippen MR) is 64.2 cm³/mol. The number of hydrogen-bond acceptors (Lipinski definition) is 5. The molecular formula is C10H15N3O5S. The number of aromatic nitrogens is 2. The molecule has 0 saturated carbocycles. The van der Waals surface area contributed by atoms with E-state index in [1.54, 1.807) is 13.8 Å². The van der Waals surface area contributed by atoms with Crippen molar-refractivity contribution in [1.82, 2.24) is 14.5 Å². The van der Waals surface area contributed by atoms with E-state index in [0.29, 0.717) is 11.4 Å². The molecule has 1 aliphatic rings. The number of carbonyl (C=O) groups is 1. The minimum atomic E-state index is -3.90. The summed E-state index contributed by atoms with van der Waals surface area (Å²) in [5, 5.41) is 15.5. The molecule has 1 aromatic rings. The minimum absolute atomic E-state index is 0.0172. The number of aromatic amines is 1. The monoisotopic (exact) mass is 289 g/mol. The fourth-order valence-corrected chi connectivity index (χ4v) is 4.00. The van der Waals surface area contributed by atoms with Crippen molar-refractivity contribution in [2.45, 2.75) is 24.8 Å². The molecule has 1 aromatic heterocycles. The number of carboxylic acid groups (broad SMARTS) is 1. The summed E-state index contributed by atoms with van der Waals surface area (Å²) in [6, 6.07) is -1.20. The van der Waals surface area contributed by atoms with E-state index in [4.69, 9.17) is 9.84 Å². The van der Waals surface area contributed by atoms with Gasteiger partial charge in [-0.15, -0.1) is 0 Å². The second-order valence-corrected chi connectivity index (χ2v) is 6.14. The number of morpholine rings is 1. The maximum absolute atomic E-state index is 12.6. The molecule has 2 rings (SSSR count). The second kappa shape index (κ2) is 4.91. The molecular weight excluding hydrogens is 274 g/mol. The van der Waals surface area contributed by atoms with Gasteiger partial charge in [0.05, 0.1) is 24.6 Å². The summed E-state index contributed by atoms with van der Waals surface area (Å²) in [5.74, 6) is -1.22. The molecule has 1 atom stereocenters. The topological polar surface area (TPSA) is 113 Å². The highest BCUT2D eigenvalue weighted by Gasteiger charge is 2.40. The molecule has 19 heavy (non-hydrogen) atoms. The first kappa shape index (κ1) is 14.0. The highest BCUT2D eigenvalue weighted by atomic mass is 32.2. The summed E-state index contributed by atoms with van der Waals surface area (Å²) in [4.78, 5) is 11.2. The van der Waals surface area contributed by atoms with Crippen molar-refractivity contribution in [2.24, 2.45) is 0 Å². The molecule has 0 aliphatic carbocycles. The molecule has 2 heterocycles. The van der Waals surface area contributed by atoms with Gasteiger partial charge in [-0.2, -0.15) is 9.40 Å². The third kappa shape index (κ3) is 2.36. The van der Waals surface area contributed by atoms with E-state index in [9.17, 15) is 13.2 Å². The molecule has 0 spiro atoms. The molecule has 9 heteroatoms.